The number of rotatable bonds is 8. The molecule has 0 amide bonds. The Balaban J connectivity index is 1.96. The summed E-state index contributed by atoms with van der Waals surface area (Å²) in [6.07, 6.45) is 1.77. The Morgan fingerprint density at radius 2 is 1.50 bits per heavy atom. The van der Waals surface area contributed by atoms with Gasteiger partial charge in [-0.3, -0.25) is 24.5 Å². The van der Waals surface area contributed by atoms with E-state index in [-0.39, 0.29) is 23.2 Å². The summed E-state index contributed by atoms with van der Waals surface area (Å²) < 4.78 is 0. The second-order valence-corrected chi connectivity index (χ2v) is 6.78. The maximum Gasteiger partial charge on any atom is 0.303 e. The average molecular weight is 414 g/mol. The van der Waals surface area contributed by atoms with Crippen molar-refractivity contribution in [2.75, 3.05) is 11.9 Å². The molecule has 0 heterocycles. The highest BCUT2D eigenvalue weighted by atomic mass is 16.6. The number of carbonyl (C=O) groups is 3. The summed E-state index contributed by atoms with van der Waals surface area (Å²) in [4.78, 5) is 47.1. The van der Waals surface area contributed by atoms with Crippen LogP contribution in [0.25, 0.3) is 0 Å². The number of carbonyl (C=O) groups excluding carboxylic acids is 2. The number of aromatic hydroxyl groups is 2. The van der Waals surface area contributed by atoms with E-state index in [0.29, 0.717) is 25.8 Å². The molecule has 0 unspecified atom stereocenters. The van der Waals surface area contributed by atoms with E-state index in [9.17, 15) is 34.7 Å². The summed E-state index contributed by atoms with van der Waals surface area (Å²) in [6.45, 7) is 0.367. The number of unbranched alkanes of at least 4 members (excludes halogenated alkanes) is 2. The minimum atomic E-state index is -0.926. The number of nitrogens with zero attached hydrogens (tertiary/aromatic N) is 1. The van der Waals surface area contributed by atoms with Crippen molar-refractivity contribution in [1.82, 2.24) is 0 Å². The lowest BCUT2D eigenvalue weighted by Gasteiger charge is -2.22. The largest absolute Gasteiger partial charge is 0.507 e. The number of hydrogen-bond acceptors (Lipinski definition) is 8. The number of anilines is 1. The lowest BCUT2D eigenvalue weighted by atomic mass is 9.81. The van der Waals surface area contributed by atoms with Crippen molar-refractivity contribution >= 4 is 28.9 Å². The van der Waals surface area contributed by atoms with E-state index >= 15 is 0 Å². The van der Waals surface area contributed by atoms with Crippen molar-refractivity contribution in [2.24, 2.45) is 0 Å². The summed E-state index contributed by atoms with van der Waals surface area (Å²) in [5.41, 5.74) is -1.97. The Labute approximate surface area is 169 Å². The van der Waals surface area contributed by atoms with Gasteiger partial charge in [0, 0.05) is 24.7 Å². The van der Waals surface area contributed by atoms with Crippen molar-refractivity contribution in [1.29, 1.82) is 0 Å². The molecule has 10 heteroatoms. The predicted molar refractivity (Wildman–Crippen MR) is 104 cm³/mol. The first-order valence-corrected chi connectivity index (χ1v) is 9.15. The number of phenolic OH excluding ortho intramolecular Hbond substituents is 2. The van der Waals surface area contributed by atoms with Gasteiger partial charge in [-0.25, -0.2) is 0 Å². The van der Waals surface area contributed by atoms with Gasteiger partial charge < -0.3 is 20.6 Å². The Bertz CT molecular complexity index is 1080. The highest BCUT2D eigenvalue weighted by molar-refractivity contribution is 6.33. The SMILES string of the molecule is O=C(O)CCCCCNc1ccc(O)c2c1C(=O)c1c(O)ccc([N+](=O)[O-])c1C2=O. The molecule has 2 aromatic carbocycles. The fraction of sp³-hybridized carbons (Fsp3) is 0.250. The summed E-state index contributed by atoms with van der Waals surface area (Å²) in [5, 5.41) is 43.3. The first-order chi connectivity index (χ1) is 14.2. The summed E-state index contributed by atoms with van der Waals surface area (Å²) in [5.74, 6) is -3.69. The Morgan fingerprint density at radius 3 is 2.13 bits per heavy atom. The second kappa shape index (κ2) is 8.19. The molecule has 0 aliphatic heterocycles. The Morgan fingerprint density at radius 1 is 0.900 bits per heavy atom. The third kappa shape index (κ3) is 3.66. The Kier molecular flexibility index (Phi) is 5.67. The lowest BCUT2D eigenvalue weighted by molar-refractivity contribution is -0.385. The predicted octanol–water partition coefficient (Wildman–Crippen LogP) is 2.84. The van der Waals surface area contributed by atoms with Crippen molar-refractivity contribution in [3.05, 3.63) is 56.6 Å². The van der Waals surface area contributed by atoms with Crippen LogP contribution in [0.15, 0.2) is 24.3 Å². The van der Waals surface area contributed by atoms with Gasteiger partial charge in [-0.15, -0.1) is 0 Å². The average Bonchev–Trinajstić information content (AvgIpc) is 2.68. The molecule has 0 saturated carbocycles. The number of hydrogen-bond donors (Lipinski definition) is 4. The van der Waals surface area contributed by atoms with Crippen LogP contribution < -0.4 is 5.32 Å². The van der Waals surface area contributed by atoms with Gasteiger partial charge in [0.2, 0.25) is 11.6 Å². The summed E-state index contributed by atoms with van der Waals surface area (Å²) in [6, 6.07) is 4.51. The molecule has 1 aliphatic carbocycles. The molecular formula is C20H18N2O8. The topological polar surface area (TPSA) is 167 Å². The molecule has 0 atom stereocenters. The molecule has 4 N–H and O–H groups in total. The van der Waals surface area contributed by atoms with Gasteiger partial charge in [0.25, 0.3) is 5.69 Å². The van der Waals surface area contributed by atoms with E-state index in [1.54, 1.807) is 0 Å². The molecule has 10 nitrogen and oxygen atoms in total. The molecule has 0 spiro atoms. The van der Waals surface area contributed by atoms with Crippen LogP contribution in [0.2, 0.25) is 0 Å². The van der Waals surface area contributed by atoms with Gasteiger partial charge in [-0.05, 0) is 31.0 Å². The number of fused-ring (bicyclic) bond motifs is 2. The number of carboxylic acid groups (broad SMARTS) is 1. The first-order valence-electron chi connectivity index (χ1n) is 9.15. The number of nitro benzene ring substituents is 1. The van der Waals surface area contributed by atoms with Gasteiger partial charge in [0.1, 0.15) is 17.1 Å². The van der Waals surface area contributed by atoms with Gasteiger partial charge in [0.05, 0.1) is 21.6 Å². The van der Waals surface area contributed by atoms with E-state index in [2.05, 4.69) is 5.32 Å². The molecule has 30 heavy (non-hydrogen) atoms. The van der Waals surface area contributed by atoms with E-state index in [1.165, 1.54) is 12.1 Å². The number of ketones is 2. The molecule has 2 aromatic rings. The van der Waals surface area contributed by atoms with Crippen LogP contribution in [0.3, 0.4) is 0 Å². The van der Waals surface area contributed by atoms with Gasteiger partial charge in [-0.2, -0.15) is 0 Å². The number of aliphatic carboxylic acids is 1. The summed E-state index contributed by atoms with van der Waals surface area (Å²) >= 11 is 0. The van der Waals surface area contributed by atoms with Gasteiger partial charge in [0.15, 0.2) is 0 Å². The second-order valence-electron chi connectivity index (χ2n) is 6.78. The van der Waals surface area contributed by atoms with E-state index in [1.807, 2.05) is 0 Å². The standard InChI is InChI=1S/C20H18N2O8/c23-12-7-5-10(21-9-3-1-2-4-14(25)26)15-17(12)20(28)16-11(22(29)30)6-8-13(24)18(16)19(15)27/h5-8,21,23-24H,1-4,9H2,(H,25,26). The first kappa shape index (κ1) is 20.8. The maximum absolute atomic E-state index is 13.1. The highest BCUT2D eigenvalue weighted by Gasteiger charge is 2.40. The maximum atomic E-state index is 13.1. The summed E-state index contributed by atoms with van der Waals surface area (Å²) in [7, 11) is 0. The zero-order valence-electron chi connectivity index (χ0n) is 15.7. The zero-order chi connectivity index (χ0) is 22.0. The van der Waals surface area contributed by atoms with E-state index in [0.717, 1.165) is 12.1 Å². The van der Waals surface area contributed by atoms with Crippen LogP contribution in [0, 0.1) is 10.1 Å². The fourth-order valence-electron chi connectivity index (χ4n) is 3.45. The van der Waals surface area contributed by atoms with E-state index < -0.39 is 50.8 Å². The number of nitrogens with one attached hydrogen (secondary N) is 1. The molecule has 0 radical (unpaired) electrons. The van der Waals surface area contributed by atoms with Crippen LogP contribution in [-0.4, -0.2) is 44.3 Å². The molecule has 156 valence electrons. The molecule has 0 saturated heterocycles. The van der Waals surface area contributed by atoms with Gasteiger partial charge in [-0.1, -0.05) is 6.42 Å². The minimum Gasteiger partial charge on any atom is -0.507 e. The third-order valence-electron chi connectivity index (χ3n) is 4.83. The number of nitro groups is 1. The molecule has 0 fully saturated rings. The molecule has 1 aliphatic rings. The molecule has 0 aromatic heterocycles. The number of phenols is 2. The third-order valence-corrected chi connectivity index (χ3v) is 4.83. The number of benzene rings is 2. The van der Waals surface area contributed by atoms with Crippen LogP contribution in [0.5, 0.6) is 11.5 Å². The fourth-order valence-corrected chi connectivity index (χ4v) is 3.45. The van der Waals surface area contributed by atoms with E-state index in [4.69, 9.17) is 5.11 Å². The zero-order valence-corrected chi connectivity index (χ0v) is 15.7. The molecule has 0 bridgehead atoms. The number of carboxylic acids is 1. The monoisotopic (exact) mass is 414 g/mol. The van der Waals surface area contributed by atoms with Crippen LogP contribution in [0.4, 0.5) is 11.4 Å². The van der Waals surface area contributed by atoms with Crippen molar-refractivity contribution in [3.8, 4) is 11.5 Å². The lowest BCUT2D eigenvalue weighted by Crippen LogP contribution is -2.24. The van der Waals surface area contributed by atoms with Crippen LogP contribution >= 0.6 is 0 Å². The smallest absolute Gasteiger partial charge is 0.303 e. The highest BCUT2D eigenvalue weighted by Crippen LogP contribution is 2.42. The van der Waals surface area contributed by atoms with Crippen LogP contribution in [0.1, 0.15) is 57.5 Å². The quantitative estimate of drug-likeness (QED) is 0.187. The Hall–Kier alpha value is -3.95. The van der Waals surface area contributed by atoms with Crippen molar-refractivity contribution < 1.29 is 34.6 Å². The molecular weight excluding hydrogens is 396 g/mol. The van der Waals surface area contributed by atoms with Crippen LogP contribution in [-0.2, 0) is 4.79 Å². The normalized spacial score (nSPS) is 12.3. The molecule has 3 rings (SSSR count). The van der Waals surface area contributed by atoms with Crippen molar-refractivity contribution in [2.45, 2.75) is 25.7 Å². The van der Waals surface area contributed by atoms with Crippen molar-refractivity contribution in [3.63, 3.8) is 0 Å². The van der Waals surface area contributed by atoms with Gasteiger partial charge >= 0.3 is 5.97 Å². The minimum absolute atomic E-state index is 0.0520.